The minimum Gasteiger partial charge on any atom is -0.496 e. The van der Waals surface area contributed by atoms with Gasteiger partial charge in [-0.15, -0.1) is 0 Å². The van der Waals surface area contributed by atoms with E-state index in [9.17, 15) is 14.4 Å². The van der Waals surface area contributed by atoms with E-state index in [0.717, 1.165) is 5.56 Å². The Morgan fingerprint density at radius 3 is 2.65 bits per heavy atom. The fourth-order valence-corrected chi connectivity index (χ4v) is 3.69. The molecule has 3 rings (SSSR count). The van der Waals surface area contributed by atoms with E-state index in [1.165, 1.54) is 12.0 Å². The zero-order valence-electron chi connectivity index (χ0n) is 18.2. The van der Waals surface area contributed by atoms with E-state index >= 15 is 0 Å². The zero-order valence-corrected chi connectivity index (χ0v) is 18.2. The molecule has 0 radical (unpaired) electrons. The molecule has 1 heterocycles. The van der Waals surface area contributed by atoms with Gasteiger partial charge in [-0.05, 0) is 31.2 Å². The highest BCUT2D eigenvalue weighted by Gasteiger charge is 2.30. The van der Waals surface area contributed by atoms with E-state index in [1.54, 1.807) is 55.5 Å². The van der Waals surface area contributed by atoms with Crippen LogP contribution in [0.5, 0.6) is 5.75 Å². The molecule has 8 nitrogen and oxygen atoms in total. The van der Waals surface area contributed by atoms with Gasteiger partial charge in [0.25, 0.3) is 5.91 Å². The number of nitrogens with one attached hydrogen (secondary N) is 1. The number of likely N-dealkylation sites (N-methyl/N-ethyl adjacent to an activating group) is 1. The van der Waals surface area contributed by atoms with Crippen LogP contribution in [0.1, 0.15) is 29.3 Å². The van der Waals surface area contributed by atoms with Crippen LogP contribution in [-0.4, -0.2) is 56.5 Å². The van der Waals surface area contributed by atoms with E-state index in [2.05, 4.69) is 5.32 Å². The Morgan fingerprint density at radius 1 is 1.19 bits per heavy atom. The summed E-state index contributed by atoms with van der Waals surface area (Å²) in [4.78, 5) is 41.2. The summed E-state index contributed by atoms with van der Waals surface area (Å²) in [5.74, 6) is -0.175. The van der Waals surface area contributed by atoms with Crippen LogP contribution in [0.4, 0.5) is 11.4 Å². The van der Waals surface area contributed by atoms with Crippen LogP contribution >= 0.6 is 0 Å². The van der Waals surface area contributed by atoms with Gasteiger partial charge in [0.2, 0.25) is 11.8 Å². The number of fused-ring (bicyclic) bond motifs is 1. The number of hydrogen-bond acceptors (Lipinski definition) is 5. The van der Waals surface area contributed by atoms with E-state index < -0.39 is 0 Å². The van der Waals surface area contributed by atoms with Crippen LogP contribution < -0.4 is 15.0 Å². The molecule has 0 aromatic heterocycles. The average molecular weight is 425 g/mol. The van der Waals surface area contributed by atoms with Crippen molar-refractivity contribution in [3.63, 3.8) is 0 Å². The van der Waals surface area contributed by atoms with Gasteiger partial charge in [0.05, 0.1) is 25.1 Å². The predicted octanol–water partition coefficient (Wildman–Crippen LogP) is 2.68. The molecule has 8 heteroatoms. The monoisotopic (exact) mass is 425 g/mol. The number of rotatable bonds is 6. The predicted molar refractivity (Wildman–Crippen MR) is 117 cm³/mol. The van der Waals surface area contributed by atoms with E-state index in [0.29, 0.717) is 29.3 Å². The molecule has 31 heavy (non-hydrogen) atoms. The van der Waals surface area contributed by atoms with Gasteiger partial charge in [-0.2, -0.15) is 0 Å². The number of para-hydroxylation sites is 2. The molecule has 2 aromatic rings. The summed E-state index contributed by atoms with van der Waals surface area (Å²) in [7, 11) is 4.69. The molecule has 0 aliphatic carbocycles. The second-order valence-corrected chi connectivity index (χ2v) is 7.50. The zero-order chi connectivity index (χ0) is 22.5. The SMILES string of the molecule is COCc1ccc(C(=O)N(C)CC(=O)N2c3ccccc3NC(=O)C[C@H]2C)cc1OC. The number of anilines is 2. The number of carbonyl (C=O) groups excluding carboxylic acids is 3. The lowest BCUT2D eigenvalue weighted by atomic mass is 10.1. The lowest BCUT2D eigenvalue weighted by Crippen LogP contribution is -2.45. The second kappa shape index (κ2) is 9.61. The molecule has 1 N–H and O–H groups in total. The number of carbonyl (C=O) groups is 3. The van der Waals surface area contributed by atoms with Crippen molar-refractivity contribution in [2.45, 2.75) is 26.0 Å². The van der Waals surface area contributed by atoms with Crippen molar-refractivity contribution in [1.29, 1.82) is 0 Å². The first kappa shape index (κ1) is 22.3. The molecule has 0 bridgehead atoms. The van der Waals surface area contributed by atoms with Gasteiger partial charge in [0.15, 0.2) is 0 Å². The van der Waals surface area contributed by atoms with Crippen molar-refractivity contribution in [2.75, 3.05) is 38.0 Å². The highest BCUT2D eigenvalue weighted by molar-refractivity contribution is 6.06. The Hall–Kier alpha value is -3.39. The first-order valence-corrected chi connectivity index (χ1v) is 9.98. The Balaban J connectivity index is 1.80. The summed E-state index contributed by atoms with van der Waals surface area (Å²) < 4.78 is 10.5. The minimum atomic E-state index is -0.340. The number of methoxy groups -OCH3 is 2. The number of ether oxygens (including phenoxy) is 2. The summed E-state index contributed by atoms with van der Waals surface area (Å²) >= 11 is 0. The lowest BCUT2D eigenvalue weighted by molar-refractivity contribution is -0.119. The summed E-state index contributed by atoms with van der Waals surface area (Å²) in [5, 5.41) is 2.83. The van der Waals surface area contributed by atoms with Crippen LogP contribution in [0, 0.1) is 0 Å². The highest BCUT2D eigenvalue weighted by atomic mass is 16.5. The minimum absolute atomic E-state index is 0.131. The molecule has 1 atom stereocenters. The topological polar surface area (TPSA) is 88.2 Å². The number of nitrogens with zero attached hydrogens (tertiary/aromatic N) is 2. The molecule has 0 saturated carbocycles. The van der Waals surface area contributed by atoms with Gasteiger partial charge in [-0.3, -0.25) is 14.4 Å². The van der Waals surface area contributed by atoms with Crippen LogP contribution in [0.15, 0.2) is 42.5 Å². The maximum atomic E-state index is 13.2. The van der Waals surface area contributed by atoms with E-state index in [1.807, 2.05) is 13.0 Å². The Labute approximate surface area is 181 Å². The quantitative estimate of drug-likeness (QED) is 0.769. The van der Waals surface area contributed by atoms with E-state index in [-0.39, 0.29) is 36.7 Å². The maximum absolute atomic E-state index is 13.2. The van der Waals surface area contributed by atoms with Gasteiger partial charge in [-0.25, -0.2) is 0 Å². The molecule has 2 aromatic carbocycles. The van der Waals surface area contributed by atoms with E-state index in [4.69, 9.17) is 9.47 Å². The van der Waals surface area contributed by atoms with Crippen molar-refractivity contribution in [2.24, 2.45) is 0 Å². The molecule has 3 amide bonds. The number of hydrogen-bond donors (Lipinski definition) is 1. The highest BCUT2D eigenvalue weighted by Crippen LogP contribution is 2.31. The van der Waals surface area contributed by atoms with Crippen molar-refractivity contribution < 1.29 is 23.9 Å². The first-order valence-electron chi connectivity index (χ1n) is 9.98. The Kier molecular flexibility index (Phi) is 6.91. The third-order valence-electron chi connectivity index (χ3n) is 5.18. The van der Waals surface area contributed by atoms with Crippen LogP contribution in [0.25, 0.3) is 0 Å². The van der Waals surface area contributed by atoms with Crippen LogP contribution in [-0.2, 0) is 20.9 Å². The molecule has 0 saturated heterocycles. The average Bonchev–Trinajstić information content (AvgIpc) is 2.87. The summed E-state index contributed by atoms with van der Waals surface area (Å²) in [6.45, 7) is 2.06. The maximum Gasteiger partial charge on any atom is 0.254 e. The fraction of sp³-hybridized carbons (Fsp3) is 0.348. The number of amides is 3. The van der Waals surface area contributed by atoms with Crippen molar-refractivity contribution in [1.82, 2.24) is 4.90 Å². The molecule has 0 unspecified atom stereocenters. The Morgan fingerprint density at radius 2 is 1.94 bits per heavy atom. The van der Waals surface area contributed by atoms with Crippen molar-refractivity contribution >= 4 is 29.1 Å². The van der Waals surface area contributed by atoms with Gasteiger partial charge in [-0.1, -0.05) is 18.2 Å². The Bertz CT molecular complexity index is 991. The van der Waals surface area contributed by atoms with Crippen LogP contribution in [0.2, 0.25) is 0 Å². The molecule has 0 spiro atoms. The third kappa shape index (κ3) is 4.86. The molecule has 164 valence electrons. The largest absolute Gasteiger partial charge is 0.496 e. The van der Waals surface area contributed by atoms with Gasteiger partial charge < -0.3 is 24.6 Å². The van der Waals surface area contributed by atoms with Crippen LogP contribution in [0.3, 0.4) is 0 Å². The normalized spacial score (nSPS) is 15.5. The summed E-state index contributed by atoms with van der Waals surface area (Å²) in [6, 6.07) is 11.9. The lowest BCUT2D eigenvalue weighted by Gasteiger charge is -2.29. The summed E-state index contributed by atoms with van der Waals surface area (Å²) in [5.41, 5.74) is 2.44. The molecule has 1 aliphatic rings. The summed E-state index contributed by atoms with van der Waals surface area (Å²) in [6.07, 6.45) is 0.177. The molecule has 1 aliphatic heterocycles. The molecular weight excluding hydrogens is 398 g/mol. The van der Waals surface area contributed by atoms with Gasteiger partial charge >= 0.3 is 0 Å². The number of benzene rings is 2. The smallest absolute Gasteiger partial charge is 0.254 e. The first-order chi connectivity index (χ1) is 14.8. The molecule has 0 fully saturated rings. The fourth-order valence-electron chi connectivity index (χ4n) is 3.69. The van der Waals surface area contributed by atoms with Gasteiger partial charge in [0.1, 0.15) is 12.3 Å². The molecular formula is C23H27N3O5. The third-order valence-corrected chi connectivity index (χ3v) is 5.18. The second-order valence-electron chi connectivity index (χ2n) is 7.50. The van der Waals surface area contributed by atoms with Gasteiger partial charge in [0, 0.05) is 37.7 Å². The standard InChI is InChI=1S/C23H27N3O5/c1-15-11-21(27)24-18-7-5-6-8-19(18)26(15)22(28)13-25(2)23(29)16-9-10-17(14-30-3)20(12-16)31-4/h5-10,12,15H,11,13-14H2,1-4H3,(H,24,27)/t15-/m1/s1. The van der Waals surface area contributed by atoms with Crippen molar-refractivity contribution in [3.8, 4) is 5.75 Å². The van der Waals surface area contributed by atoms with Crippen molar-refractivity contribution in [3.05, 3.63) is 53.6 Å².